The lowest BCUT2D eigenvalue weighted by atomic mass is 10.2. The van der Waals surface area contributed by atoms with Gasteiger partial charge in [-0.3, -0.25) is 0 Å². The van der Waals surface area contributed by atoms with Crippen LogP contribution in [0.4, 0.5) is 0 Å². The van der Waals surface area contributed by atoms with Crippen LogP contribution >= 0.6 is 0 Å². The summed E-state index contributed by atoms with van der Waals surface area (Å²) in [5, 5.41) is 0. The third-order valence-electron chi connectivity index (χ3n) is 1.59. The Morgan fingerprint density at radius 3 is 2.54 bits per heavy atom. The highest BCUT2D eigenvalue weighted by Gasteiger charge is 1.89. The highest BCUT2D eigenvalue weighted by molar-refractivity contribution is 5.47. The van der Waals surface area contributed by atoms with Gasteiger partial charge in [0.05, 0.1) is 12.9 Å². The Bertz CT molecular complexity index is 249. The van der Waals surface area contributed by atoms with Crippen LogP contribution in [-0.4, -0.2) is 6.61 Å². The van der Waals surface area contributed by atoms with Gasteiger partial charge in [-0.2, -0.15) is 0 Å². The van der Waals surface area contributed by atoms with Gasteiger partial charge in [-0.1, -0.05) is 44.2 Å². The van der Waals surface area contributed by atoms with E-state index in [4.69, 9.17) is 4.74 Å². The van der Waals surface area contributed by atoms with Crippen LogP contribution in [0, 0.1) is 5.92 Å². The van der Waals surface area contributed by atoms with E-state index in [1.54, 1.807) is 6.26 Å². The van der Waals surface area contributed by atoms with Gasteiger partial charge in [-0.25, -0.2) is 0 Å². The third-order valence-corrected chi connectivity index (χ3v) is 1.59. The van der Waals surface area contributed by atoms with Gasteiger partial charge in [0, 0.05) is 0 Å². The molecule has 0 aliphatic carbocycles. The van der Waals surface area contributed by atoms with E-state index in [0.717, 1.165) is 6.61 Å². The van der Waals surface area contributed by atoms with Crippen molar-refractivity contribution < 1.29 is 4.74 Å². The highest BCUT2D eigenvalue weighted by atomic mass is 16.5. The van der Waals surface area contributed by atoms with Crippen LogP contribution in [0.3, 0.4) is 0 Å². The van der Waals surface area contributed by atoms with Crippen LogP contribution < -0.4 is 0 Å². The van der Waals surface area contributed by atoms with Crippen LogP contribution in [0.5, 0.6) is 0 Å². The van der Waals surface area contributed by atoms with E-state index in [0.29, 0.717) is 5.92 Å². The highest BCUT2D eigenvalue weighted by Crippen LogP contribution is 2.01. The fraction of sp³-hybridized carbons (Fsp3) is 0.333. The molecule has 0 bridgehead atoms. The van der Waals surface area contributed by atoms with E-state index >= 15 is 0 Å². The van der Waals surface area contributed by atoms with Crippen LogP contribution in [0.15, 0.2) is 36.6 Å². The predicted molar refractivity (Wildman–Crippen MR) is 56.3 cm³/mol. The van der Waals surface area contributed by atoms with E-state index in [9.17, 15) is 0 Å². The maximum absolute atomic E-state index is 5.32. The smallest absolute Gasteiger partial charge is 0.0896 e. The first-order valence-electron chi connectivity index (χ1n) is 4.62. The number of hydrogen-bond acceptors (Lipinski definition) is 1. The molecule has 0 aromatic heterocycles. The first-order valence-corrected chi connectivity index (χ1v) is 4.62. The number of ether oxygens (including phenoxy) is 1. The molecular weight excluding hydrogens is 160 g/mol. The molecule has 0 fully saturated rings. The van der Waals surface area contributed by atoms with Crippen molar-refractivity contribution in [3.05, 3.63) is 42.2 Å². The molecule has 0 spiro atoms. The zero-order valence-corrected chi connectivity index (χ0v) is 8.23. The van der Waals surface area contributed by atoms with E-state index in [1.165, 1.54) is 5.56 Å². The van der Waals surface area contributed by atoms with Gasteiger partial charge in [-0.05, 0) is 17.6 Å². The minimum Gasteiger partial charge on any atom is -0.501 e. The van der Waals surface area contributed by atoms with Crippen molar-refractivity contribution >= 4 is 6.08 Å². The zero-order valence-electron chi connectivity index (χ0n) is 8.23. The van der Waals surface area contributed by atoms with Crippen molar-refractivity contribution in [1.29, 1.82) is 0 Å². The second kappa shape index (κ2) is 5.41. The van der Waals surface area contributed by atoms with Gasteiger partial charge >= 0.3 is 0 Å². The third kappa shape index (κ3) is 4.36. The Labute approximate surface area is 80.0 Å². The number of hydrogen-bond donors (Lipinski definition) is 0. The second-order valence-electron chi connectivity index (χ2n) is 3.44. The predicted octanol–water partition coefficient (Wildman–Crippen LogP) is 3.33. The average Bonchev–Trinajstić information content (AvgIpc) is 2.14. The summed E-state index contributed by atoms with van der Waals surface area (Å²) in [6.07, 6.45) is 3.73. The molecule has 0 saturated heterocycles. The molecule has 1 nitrogen and oxygen atoms in total. The number of benzene rings is 1. The Morgan fingerprint density at radius 2 is 1.92 bits per heavy atom. The normalized spacial score (nSPS) is 11.0. The Kier molecular flexibility index (Phi) is 4.10. The molecule has 70 valence electrons. The summed E-state index contributed by atoms with van der Waals surface area (Å²) >= 11 is 0. The van der Waals surface area contributed by atoms with E-state index in [-0.39, 0.29) is 0 Å². The largest absolute Gasteiger partial charge is 0.501 e. The van der Waals surface area contributed by atoms with E-state index < -0.39 is 0 Å². The average molecular weight is 176 g/mol. The molecule has 0 heterocycles. The Morgan fingerprint density at radius 1 is 1.23 bits per heavy atom. The van der Waals surface area contributed by atoms with Gasteiger partial charge in [0.2, 0.25) is 0 Å². The van der Waals surface area contributed by atoms with Gasteiger partial charge in [0.1, 0.15) is 0 Å². The van der Waals surface area contributed by atoms with Crippen LogP contribution in [0.2, 0.25) is 0 Å². The molecule has 1 heteroatoms. The van der Waals surface area contributed by atoms with Crippen molar-refractivity contribution in [2.75, 3.05) is 6.61 Å². The summed E-state index contributed by atoms with van der Waals surface area (Å²) in [6.45, 7) is 5.05. The SMILES string of the molecule is CC(C)CO/C=C/c1ccccc1. The van der Waals surface area contributed by atoms with Crippen molar-refractivity contribution in [3.8, 4) is 0 Å². The van der Waals surface area contributed by atoms with Crippen molar-refractivity contribution in [3.63, 3.8) is 0 Å². The van der Waals surface area contributed by atoms with Gasteiger partial charge in [0.25, 0.3) is 0 Å². The Balaban J connectivity index is 2.33. The molecule has 1 aromatic rings. The molecular formula is C12H16O. The van der Waals surface area contributed by atoms with Crippen LogP contribution in [-0.2, 0) is 4.74 Å². The first-order chi connectivity index (χ1) is 6.29. The molecule has 0 radical (unpaired) electrons. The van der Waals surface area contributed by atoms with Crippen molar-refractivity contribution in [2.24, 2.45) is 5.92 Å². The van der Waals surface area contributed by atoms with E-state index in [1.807, 2.05) is 24.3 Å². The maximum atomic E-state index is 5.32. The summed E-state index contributed by atoms with van der Waals surface area (Å²) in [4.78, 5) is 0. The van der Waals surface area contributed by atoms with Crippen LogP contribution in [0.1, 0.15) is 19.4 Å². The van der Waals surface area contributed by atoms with Crippen molar-refractivity contribution in [1.82, 2.24) is 0 Å². The topological polar surface area (TPSA) is 9.23 Å². The first kappa shape index (κ1) is 9.85. The molecule has 0 N–H and O–H groups in total. The second-order valence-corrected chi connectivity index (χ2v) is 3.44. The molecule has 0 aliphatic rings. The molecule has 1 aromatic carbocycles. The summed E-state index contributed by atoms with van der Waals surface area (Å²) in [6, 6.07) is 10.1. The van der Waals surface area contributed by atoms with Gasteiger partial charge in [0.15, 0.2) is 0 Å². The van der Waals surface area contributed by atoms with Crippen LogP contribution in [0.25, 0.3) is 6.08 Å². The lowest BCUT2D eigenvalue weighted by Crippen LogP contribution is -1.96. The molecule has 13 heavy (non-hydrogen) atoms. The minimum atomic E-state index is 0.584. The summed E-state index contributed by atoms with van der Waals surface area (Å²) < 4.78 is 5.32. The van der Waals surface area contributed by atoms with Gasteiger partial charge in [-0.15, -0.1) is 0 Å². The fourth-order valence-corrected chi connectivity index (χ4v) is 0.939. The quantitative estimate of drug-likeness (QED) is 0.639. The lowest BCUT2D eigenvalue weighted by Gasteiger charge is -2.02. The summed E-state index contributed by atoms with van der Waals surface area (Å²) in [7, 11) is 0. The molecule has 0 atom stereocenters. The van der Waals surface area contributed by atoms with Crippen molar-refractivity contribution in [2.45, 2.75) is 13.8 Å². The standard InChI is InChI=1S/C12H16O/c1-11(2)10-13-9-8-12-6-4-3-5-7-12/h3-9,11H,10H2,1-2H3/b9-8+. The van der Waals surface area contributed by atoms with E-state index in [2.05, 4.69) is 26.0 Å². The molecule has 1 rings (SSSR count). The maximum Gasteiger partial charge on any atom is 0.0896 e. The molecule has 0 unspecified atom stereocenters. The molecule has 0 aliphatic heterocycles. The molecule has 0 amide bonds. The Hall–Kier alpha value is -1.24. The summed E-state index contributed by atoms with van der Waals surface area (Å²) in [5.74, 6) is 0.584. The zero-order chi connectivity index (χ0) is 9.52. The fourth-order valence-electron chi connectivity index (χ4n) is 0.939. The lowest BCUT2D eigenvalue weighted by molar-refractivity contribution is 0.213. The minimum absolute atomic E-state index is 0.584. The monoisotopic (exact) mass is 176 g/mol. The van der Waals surface area contributed by atoms with Gasteiger partial charge < -0.3 is 4.74 Å². The summed E-state index contributed by atoms with van der Waals surface area (Å²) in [5.41, 5.74) is 1.17. The molecule has 0 saturated carbocycles. The number of rotatable bonds is 4.